The summed E-state index contributed by atoms with van der Waals surface area (Å²) in [6, 6.07) is 7.61. The van der Waals surface area contributed by atoms with Gasteiger partial charge in [-0.1, -0.05) is 27.7 Å². The van der Waals surface area contributed by atoms with E-state index in [4.69, 9.17) is 9.47 Å². The third-order valence-corrected chi connectivity index (χ3v) is 10.3. The summed E-state index contributed by atoms with van der Waals surface area (Å²) in [4.78, 5) is 29.1. The smallest absolute Gasteiger partial charge is 0.261 e. The van der Waals surface area contributed by atoms with Gasteiger partial charge in [-0.25, -0.2) is 0 Å². The average molecular weight is 430 g/mol. The van der Waals surface area contributed by atoms with E-state index in [0.717, 1.165) is 18.4 Å². The van der Waals surface area contributed by atoms with E-state index < -0.39 is 21.2 Å². The second-order valence-electron chi connectivity index (χ2n) is 8.74. The molecular weight excluding hydrogens is 410 g/mol. The number of rotatable bonds is 2. The summed E-state index contributed by atoms with van der Waals surface area (Å²) in [5, 5.41) is 10.2. The van der Waals surface area contributed by atoms with Crippen LogP contribution < -0.4 is 9.47 Å². The van der Waals surface area contributed by atoms with Crippen LogP contribution in [0.5, 0.6) is 11.5 Å². The van der Waals surface area contributed by atoms with E-state index in [-0.39, 0.29) is 24.6 Å². The number of hydrogen-bond donors (Lipinski definition) is 0. The molecule has 2 bridgehead atoms. The van der Waals surface area contributed by atoms with Crippen LogP contribution in [0.15, 0.2) is 18.2 Å². The topological polar surface area (TPSA) is 82.9 Å². The van der Waals surface area contributed by atoms with Gasteiger partial charge in [0.1, 0.15) is 0 Å². The predicted octanol–water partition coefficient (Wildman–Crippen LogP) is 3.03. The first-order valence-electron chi connectivity index (χ1n) is 9.69. The number of carbonyl (C=O) groups excluding carboxylic acids is 2. The molecule has 1 aliphatic carbocycles. The van der Waals surface area contributed by atoms with Crippen molar-refractivity contribution in [3.8, 4) is 17.6 Å². The highest BCUT2D eigenvalue weighted by Crippen LogP contribution is 2.70. The monoisotopic (exact) mass is 429 g/mol. The molecule has 150 valence electrons. The summed E-state index contributed by atoms with van der Waals surface area (Å²) in [7, 11) is 2.93. The van der Waals surface area contributed by atoms with Crippen LogP contribution in [0.4, 0.5) is 0 Å². The van der Waals surface area contributed by atoms with Crippen LogP contribution in [-0.2, 0) is 9.59 Å². The summed E-state index contributed by atoms with van der Waals surface area (Å²) in [5.41, 5.74) is -0.0896. The molecule has 4 saturated heterocycles. The van der Waals surface area contributed by atoms with Crippen LogP contribution in [0.1, 0.15) is 44.7 Å². The van der Waals surface area contributed by atoms with Crippen molar-refractivity contribution in [2.75, 3.05) is 6.79 Å². The molecular formula is C20H19N3O4S2. The van der Waals surface area contributed by atoms with Crippen molar-refractivity contribution in [2.24, 2.45) is 5.41 Å². The molecule has 1 aromatic rings. The Kier molecular flexibility index (Phi) is 3.28. The van der Waals surface area contributed by atoms with Gasteiger partial charge in [0, 0.05) is 12.5 Å². The highest BCUT2D eigenvalue weighted by molar-refractivity contribution is 8.78. The van der Waals surface area contributed by atoms with Gasteiger partial charge in [0.15, 0.2) is 21.2 Å². The lowest BCUT2D eigenvalue weighted by Gasteiger charge is -2.58. The minimum atomic E-state index is -1.03. The fourth-order valence-corrected chi connectivity index (χ4v) is 8.79. The predicted molar refractivity (Wildman–Crippen MR) is 107 cm³/mol. The number of fused-ring (bicyclic) bond motifs is 3. The summed E-state index contributed by atoms with van der Waals surface area (Å²) >= 11 is 0. The van der Waals surface area contributed by atoms with Gasteiger partial charge in [0.25, 0.3) is 11.8 Å². The zero-order valence-corrected chi connectivity index (χ0v) is 17.6. The van der Waals surface area contributed by atoms with Crippen LogP contribution in [-0.4, -0.2) is 44.2 Å². The molecule has 5 heterocycles. The maximum Gasteiger partial charge on any atom is 0.261 e. The fourth-order valence-electron chi connectivity index (χ4n) is 5.22. The number of hydrogen-bond acceptors (Lipinski definition) is 7. The quantitative estimate of drug-likeness (QED) is 0.668. The van der Waals surface area contributed by atoms with E-state index in [0.29, 0.717) is 17.9 Å². The Morgan fingerprint density at radius 1 is 1.10 bits per heavy atom. The summed E-state index contributed by atoms with van der Waals surface area (Å²) in [6.07, 6.45) is 2.20. The van der Waals surface area contributed by atoms with Gasteiger partial charge < -0.3 is 19.3 Å². The maximum atomic E-state index is 13.8. The van der Waals surface area contributed by atoms with E-state index >= 15 is 0 Å². The normalized spacial score (nSPS) is 39.7. The van der Waals surface area contributed by atoms with Gasteiger partial charge in [-0.15, -0.1) is 0 Å². The molecule has 0 unspecified atom stereocenters. The number of ether oxygens (including phenoxy) is 2. The van der Waals surface area contributed by atoms with Crippen molar-refractivity contribution >= 4 is 33.4 Å². The minimum Gasteiger partial charge on any atom is -0.454 e. The van der Waals surface area contributed by atoms with Crippen LogP contribution in [0.2, 0.25) is 0 Å². The zero-order valence-electron chi connectivity index (χ0n) is 16.0. The number of nitrogens with zero attached hydrogens (tertiary/aromatic N) is 3. The Bertz CT molecular complexity index is 1020. The Morgan fingerprint density at radius 2 is 1.86 bits per heavy atom. The minimum absolute atomic E-state index is 0.0180. The largest absolute Gasteiger partial charge is 0.454 e. The lowest BCUT2D eigenvalue weighted by molar-refractivity contribution is -0.166. The molecule has 4 atom stereocenters. The highest BCUT2D eigenvalue weighted by atomic mass is 33.1. The van der Waals surface area contributed by atoms with Crippen molar-refractivity contribution in [1.82, 2.24) is 9.80 Å². The van der Waals surface area contributed by atoms with Gasteiger partial charge >= 0.3 is 0 Å². The second-order valence-corrected chi connectivity index (χ2v) is 11.5. The number of amides is 2. The number of carbonyl (C=O) groups is 2. The van der Waals surface area contributed by atoms with E-state index in [2.05, 4.69) is 6.07 Å². The van der Waals surface area contributed by atoms with Crippen molar-refractivity contribution in [3.63, 3.8) is 0 Å². The maximum absolute atomic E-state index is 13.8. The molecule has 1 aromatic carbocycles. The molecule has 0 aromatic heterocycles. The average Bonchev–Trinajstić information content (AvgIpc) is 3.34. The van der Waals surface area contributed by atoms with Gasteiger partial charge in [-0.05, 0) is 44.4 Å². The molecule has 7 rings (SSSR count). The second kappa shape index (κ2) is 5.35. The fraction of sp³-hybridized carbons (Fsp3) is 0.550. The Hall–Kier alpha value is -2.05. The van der Waals surface area contributed by atoms with Crippen molar-refractivity contribution in [1.29, 1.82) is 5.26 Å². The Labute approximate surface area is 176 Å². The van der Waals surface area contributed by atoms with Crippen LogP contribution in [0.25, 0.3) is 0 Å². The molecule has 1 saturated carbocycles. The van der Waals surface area contributed by atoms with Crippen LogP contribution >= 0.6 is 21.6 Å². The van der Waals surface area contributed by atoms with Gasteiger partial charge in [0.2, 0.25) is 6.79 Å². The lowest BCUT2D eigenvalue weighted by atomic mass is 9.79. The van der Waals surface area contributed by atoms with Gasteiger partial charge in [-0.3, -0.25) is 9.59 Å². The van der Waals surface area contributed by atoms with Gasteiger partial charge in [0.05, 0.1) is 17.5 Å². The Morgan fingerprint density at radius 3 is 2.59 bits per heavy atom. The van der Waals surface area contributed by atoms with Crippen LogP contribution in [0, 0.1) is 16.7 Å². The lowest BCUT2D eigenvalue weighted by Crippen LogP contribution is -2.75. The third kappa shape index (κ3) is 2.01. The van der Waals surface area contributed by atoms with Crippen LogP contribution in [0.3, 0.4) is 0 Å². The standard InChI is InChI=1S/C20H19N3O4S2/c1-18(9-21)8-20-17(25)22(12-4-5-12)19(2,28-29-20)16(24)23(20)15(18)11-3-6-13-14(7-11)27-10-26-13/h3,6-7,12,15H,4-5,8,10H2,1-2H3/t15-,18+,19-,20-/m0/s1. The molecule has 6 aliphatic rings. The number of piperazine rings is 1. The zero-order chi connectivity index (χ0) is 20.2. The molecule has 2 amide bonds. The Balaban J connectivity index is 1.53. The molecule has 5 aliphatic heterocycles. The molecule has 7 nitrogen and oxygen atoms in total. The molecule has 9 heteroatoms. The third-order valence-electron chi connectivity index (χ3n) is 6.71. The van der Waals surface area contributed by atoms with E-state index in [1.54, 1.807) is 4.90 Å². The van der Waals surface area contributed by atoms with Crippen molar-refractivity contribution in [2.45, 2.75) is 54.9 Å². The molecule has 1 spiro atoms. The molecule has 0 radical (unpaired) electrons. The SMILES string of the molecule is C[C@]1(C#N)C[C@@]23SS[C@@](C)(C(=O)N2[C@H]1c1ccc2c(c1)OCO2)N(C1CC1)C3=O. The molecule has 0 N–H and O–H groups in total. The number of nitriles is 1. The summed E-state index contributed by atoms with van der Waals surface area (Å²) in [5.74, 6) is 1.17. The molecule has 5 fully saturated rings. The van der Waals surface area contributed by atoms with Crippen molar-refractivity contribution in [3.05, 3.63) is 23.8 Å². The van der Waals surface area contributed by atoms with E-state index in [1.807, 2.05) is 36.9 Å². The summed E-state index contributed by atoms with van der Waals surface area (Å²) in [6.45, 7) is 3.87. The first kappa shape index (κ1) is 17.8. The number of benzene rings is 1. The van der Waals surface area contributed by atoms with E-state index in [1.165, 1.54) is 21.6 Å². The highest BCUT2D eigenvalue weighted by Gasteiger charge is 2.76. The molecule has 29 heavy (non-hydrogen) atoms. The summed E-state index contributed by atoms with van der Waals surface area (Å²) < 4.78 is 10.9. The van der Waals surface area contributed by atoms with Gasteiger partial charge in [-0.2, -0.15) is 5.26 Å². The van der Waals surface area contributed by atoms with Crippen molar-refractivity contribution < 1.29 is 19.1 Å². The first-order valence-corrected chi connectivity index (χ1v) is 11.8. The van der Waals surface area contributed by atoms with E-state index in [9.17, 15) is 14.9 Å². The first-order chi connectivity index (χ1) is 13.8.